The fourth-order valence-corrected chi connectivity index (χ4v) is 2.68. The minimum atomic E-state index is -0.199. The van der Waals surface area contributed by atoms with E-state index in [1.54, 1.807) is 30.9 Å². The maximum atomic E-state index is 12.8. The Balaban J connectivity index is 1.60. The SMILES string of the molecule is CN=C(NCCSc1ccc(F)cc1)NCCn1cccc1. The first-order valence-electron chi connectivity index (χ1n) is 7.21. The Morgan fingerprint density at radius 1 is 1.14 bits per heavy atom. The number of halogens is 1. The van der Waals surface area contributed by atoms with E-state index in [1.807, 2.05) is 24.5 Å². The Labute approximate surface area is 134 Å². The van der Waals surface area contributed by atoms with Crippen molar-refractivity contribution in [1.29, 1.82) is 0 Å². The summed E-state index contributed by atoms with van der Waals surface area (Å²) in [5.74, 6) is 1.49. The minimum absolute atomic E-state index is 0.199. The number of hydrogen-bond acceptors (Lipinski definition) is 2. The molecule has 22 heavy (non-hydrogen) atoms. The number of nitrogens with zero attached hydrogens (tertiary/aromatic N) is 2. The summed E-state index contributed by atoms with van der Waals surface area (Å²) in [4.78, 5) is 5.26. The third kappa shape index (κ3) is 5.81. The molecular formula is C16H21FN4S. The predicted octanol–water partition coefficient (Wildman–Crippen LogP) is 2.58. The van der Waals surface area contributed by atoms with Crippen molar-refractivity contribution in [3.05, 3.63) is 54.6 Å². The highest BCUT2D eigenvalue weighted by atomic mass is 32.2. The van der Waals surface area contributed by atoms with Crippen LogP contribution in [0.15, 0.2) is 58.7 Å². The van der Waals surface area contributed by atoms with Crippen molar-refractivity contribution in [2.45, 2.75) is 11.4 Å². The molecule has 0 unspecified atom stereocenters. The Morgan fingerprint density at radius 3 is 2.50 bits per heavy atom. The summed E-state index contributed by atoms with van der Waals surface area (Å²) in [7, 11) is 1.76. The molecule has 1 aromatic heterocycles. The summed E-state index contributed by atoms with van der Waals surface area (Å²) < 4.78 is 14.9. The van der Waals surface area contributed by atoms with Gasteiger partial charge in [0.15, 0.2) is 5.96 Å². The molecule has 0 aliphatic rings. The fraction of sp³-hybridized carbons (Fsp3) is 0.312. The molecule has 0 bridgehead atoms. The monoisotopic (exact) mass is 320 g/mol. The van der Waals surface area contributed by atoms with E-state index in [9.17, 15) is 4.39 Å². The Morgan fingerprint density at radius 2 is 1.82 bits per heavy atom. The maximum absolute atomic E-state index is 12.8. The average Bonchev–Trinajstić information content (AvgIpc) is 3.04. The van der Waals surface area contributed by atoms with Crippen molar-refractivity contribution in [2.24, 2.45) is 4.99 Å². The molecule has 0 aliphatic heterocycles. The molecular weight excluding hydrogens is 299 g/mol. The van der Waals surface area contributed by atoms with Crippen LogP contribution in [-0.4, -0.2) is 36.4 Å². The second kappa shape index (κ2) is 9.15. The molecule has 6 heteroatoms. The zero-order chi connectivity index (χ0) is 15.6. The van der Waals surface area contributed by atoms with Crippen molar-refractivity contribution in [3.63, 3.8) is 0 Å². The lowest BCUT2D eigenvalue weighted by Gasteiger charge is -2.12. The van der Waals surface area contributed by atoms with Gasteiger partial charge in [-0.25, -0.2) is 4.39 Å². The highest BCUT2D eigenvalue weighted by molar-refractivity contribution is 7.99. The fourth-order valence-electron chi connectivity index (χ4n) is 1.91. The number of rotatable bonds is 7. The van der Waals surface area contributed by atoms with Crippen LogP contribution in [-0.2, 0) is 6.54 Å². The van der Waals surface area contributed by atoms with Crippen molar-refractivity contribution in [2.75, 3.05) is 25.9 Å². The van der Waals surface area contributed by atoms with Crippen LogP contribution in [0.2, 0.25) is 0 Å². The van der Waals surface area contributed by atoms with Gasteiger partial charge < -0.3 is 15.2 Å². The van der Waals surface area contributed by atoms with Crippen LogP contribution in [0.5, 0.6) is 0 Å². The van der Waals surface area contributed by atoms with E-state index in [1.165, 1.54) is 12.1 Å². The van der Waals surface area contributed by atoms with Crippen LogP contribution in [0.3, 0.4) is 0 Å². The number of nitrogens with one attached hydrogen (secondary N) is 2. The van der Waals surface area contributed by atoms with Gasteiger partial charge in [-0.2, -0.15) is 0 Å². The summed E-state index contributed by atoms with van der Waals surface area (Å²) in [5, 5.41) is 6.54. The van der Waals surface area contributed by atoms with E-state index < -0.39 is 0 Å². The van der Waals surface area contributed by atoms with E-state index in [4.69, 9.17) is 0 Å². The van der Waals surface area contributed by atoms with Gasteiger partial charge in [-0.1, -0.05) is 0 Å². The molecule has 2 N–H and O–H groups in total. The summed E-state index contributed by atoms with van der Waals surface area (Å²) in [6.07, 6.45) is 4.08. The summed E-state index contributed by atoms with van der Waals surface area (Å²) in [5.41, 5.74) is 0. The Kier molecular flexibility index (Phi) is 6.83. The molecule has 2 rings (SSSR count). The molecule has 1 heterocycles. The second-order valence-electron chi connectivity index (χ2n) is 4.65. The zero-order valence-electron chi connectivity index (χ0n) is 12.6. The lowest BCUT2D eigenvalue weighted by atomic mass is 10.4. The molecule has 0 amide bonds. The molecule has 4 nitrogen and oxygen atoms in total. The lowest BCUT2D eigenvalue weighted by molar-refractivity contribution is 0.626. The number of benzene rings is 1. The molecule has 0 saturated carbocycles. The Hall–Kier alpha value is -1.95. The van der Waals surface area contributed by atoms with E-state index in [0.29, 0.717) is 0 Å². The van der Waals surface area contributed by atoms with Crippen molar-refractivity contribution < 1.29 is 4.39 Å². The third-order valence-electron chi connectivity index (χ3n) is 3.03. The second-order valence-corrected chi connectivity index (χ2v) is 5.82. The van der Waals surface area contributed by atoms with Crippen molar-refractivity contribution >= 4 is 17.7 Å². The van der Waals surface area contributed by atoms with Crippen LogP contribution in [0.25, 0.3) is 0 Å². The number of thioether (sulfide) groups is 1. The quantitative estimate of drug-likeness (QED) is 0.357. The molecule has 0 spiro atoms. The Bertz CT molecular complexity index is 566. The molecule has 0 radical (unpaired) electrons. The first-order valence-corrected chi connectivity index (χ1v) is 8.20. The van der Waals surface area contributed by atoms with Crippen LogP contribution in [0.4, 0.5) is 4.39 Å². The van der Waals surface area contributed by atoms with Gasteiger partial charge in [0, 0.05) is 49.7 Å². The first kappa shape index (κ1) is 16.4. The van der Waals surface area contributed by atoms with Crippen LogP contribution in [0.1, 0.15) is 0 Å². The van der Waals surface area contributed by atoms with Gasteiger partial charge in [-0.3, -0.25) is 4.99 Å². The van der Waals surface area contributed by atoms with Crippen LogP contribution >= 0.6 is 11.8 Å². The molecule has 0 saturated heterocycles. The maximum Gasteiger partial charge on any atom is 0.191 e. The number of aromatic nitrogens is 1. The number of aliphatic imine (C=N–C) groups is 1. The molecule has 1 aromatic carbocycles. The number of hydrogen-bond donors (Lipinski definition) is 2. The third-order valence-corrected chi connectivity index (χ3v) is 4.04. The summed E-state index contributed by atoms with van der Waals surface area (Å²) in [6.45, 7) is 2.52. The van der Waals surface area contributed by atoms with Crippen molar-refractivity contribution in [1.82, 2.24) is 15.2 Å². The van der Waals surface area contributed by atoms with Gasteiger partial charge in [0.25, 0.3) is 0 Å². The van der Waals surface area contributed by atoms with E-state index >= 15 is 0 Å². The molecule has 118 valence electrons. The minimum Gasteiger partial charge on any atom is -0.356 e. The van der Waals surface area contributed by atoms with Crippen molar-refractivity contribution in [3.8, 4) is 0 Å². The van der Waals surface area contributed by atoms with E-state index in [2.05, 4.69) is 20.2 Å². The van der Waals surface area contributed by atoms with Crippen LogP contribution < -0.4 is 10.6 Å². The molecule has 0 aliphatic carbocycles. The molecule has 0 atom stereocenters. The largest absolute Gasteiger partial charge is 0.356 e. The summed E-state index contributed by atoms with van der Waals surface area (Å²) in [6, 6.07) is 10.6. The van der Waals surface area contributed by atoms with Gasteiger partial charge in [0.1, 0.15) is 5.82 Å². The molecule has 2 aromatic rings. The highest BCUT2D eigenvalue weighted by Gasteiger charge is 1.98. The van der Waals surface area contributed by atoms with Gasteiger partial charge in [-0.15, -0.1) is 11.8 Å². The zero-order valence-corrected chi connectivity index (χ0v) is 13.4. The normalized spacial score (nSPS) is 11.5. The van der Waals surface area contributed by atoms with E-state index in [-0.39, 0.29) is 5.82 Å². The number of guanidine groups is 1. The van der Waals surface area contributed by atoms with Gasteiger partial charge >= 0.3 is 0 Å². The molecule has 0 fully saturated rings. The van der Waals surface area contributed by atoms with Gasteiger partial charge in [-0.05, 0) is 36.4 Å². The average molecular weight is 320 g/mol. The highest BCUT2D eigenvalue weighted by Crippen LogP contribution is 2.17. The van der Waals surface area contributed by atoms with Crippen LogP contribution in [0, 0.1) is 5.82 Å². The summed E-state index contributed by atoms with van der Waals surface area (Å²) >= 11 is 1.69. The first-order chi connectivity index (χ1) is 10.8. The predicted molar refractivity (Wildman–Crippen MR) is 90.9 cm³/mol. The smallest absolute Gasteiger partial charge is 0.191 e. The topological polar surface area (TPSA) is 41.4 Å². The van der Waals surface area contributed by atoms with Gasteiger partial charge in [0.2, 0.25) is 0 Å². The standard InChI is InChI=1S/C16H21FN4S/c1-18-16(19-8-12-21-10-2-3-11-21)20-9-13-22-15-6-4-14(17)5-7-15/h2-7,10-11H,8-9,12-13H2,1H3,(H2,18,19,20). The van der Waals surface area contributed by atoms with E-state index in [0.717, 1.165) is 36.2 Å². The lowest BCUT2D eigenvalue weighted by Crippen LogP contribution is -2.39. The van der Waals surface area contributed by atoms with Gasteiger partial charge in [0.05, 0.1) is 0 Å².